The quantitative estimate of drug-likeness (QED) is 0.762. The summed E-state index contributed by atoms with van der Waals surface area (Å²) in [4.78, 5) is 12.5. The van der Waals surface area contributed by atoms with E-state index in [0.717, 1.165) is 25.0 Å². The largest absolute Gasteiger partial charge is 0.456 e. The van der Waals surface area contributed by atoms with E-state index in [9.17, 15) is 4.79 Å². The molecular weight excluding hydrogens is 228 g/mol. The first-order valence-corrected chi connectivity index (χ1v) is 6.66. The van der Waals surface area contributed by atoms with Gasteiger partial charge in [-0.05, 0) is 30.4 Å². The fourth-order valence-electron chi connectivity index (χ4n) is 2.88. The lowest BCUT2D eigenvalue weighted by Crippen LogP contribution is -2.33. The maximum absolute atomic E-state index is 12.5. The number of furan rings is 1. The Balaban J connectivity index is 2.14. The lowest BCUT2D eigenvalue weighted by molar-refractivity contribution is 0.0661. The molecule has 3 heteroatoms. The van der Waals surface area contributed by atoms with Crippen molar-refractivity contribution in [1.29, 1.82) is 0 Å². The van der Waals surface area contributed by atoms with Gasteiger partial charge in [-0.3, -0.25) is 4.79 Å². The standard InChI is InChI=1S/C15H22O3/c1-15(2)9-5-4-6-12(15)14(16)13-8-7-11(18-13)10-17-3/h7-8,12H,4-6,9-10H2,1-3H3. The Kier molecular flexibility index (Phi) is 3.91. The predicted molar refractivity (Wildman–Crippen MR) is 69.5 cm³/mol. The number of hydrogen-bond acceptors (Lipinski definition) is 3. The van der Waals surface area contributed by atoms with Gasteiger partial charge in [0, 0.05) is 13.0 Å². The van der Waals surface area contributed by atoms with E-state index in [0.29, 0.717) is 12.4 Å². The normalized spacial score (nSPS) is 22.9. The van der Waals surface area contributed by atoms with Crippen LogP contribution < -0.4 is 0 Å². The van der Waals surface area contributed by atoms with Gasteiger partial charge in [-0.1, -0.05) is 26.7 Å². The van der Waals surface area contributed by atoms with Crippen molar-refractivity contribution in [1.82, 2.24) is 0 Å². The molecule has 18 heavy (non-hydrogen) atoms. The Hall–Kier alpha value is -1.09. The van der Waals surface area contributed by atoms with Gasteiger partial charge < -0.3 is 9.15 Å². The summed E-state index contributed by atoms with van der Waals surface area (Å²) < 4.78 is 10.6. The van der Waals surface area contributed by atoms with Crippen LogP contribution in [0.5, 0.6) is 0 Å². The van der Waals surface area contributed by atoms with Gasteiger partial charge in [0.2, 0.25) is 5.78 Å². The van der Waals surface area contributed by atoms with E-state index in [1.807, 2.05) is 6.07 Å². The van der Waals surface area contributed by atoms with Crippen LogP contribution in [-0.4, -0.2) is 12.9 Å². The minimum Gasteiger partial charge on any atom is -0.456 e. The van der Waals surface area contributed by atoms with E-state index in [2.05, 4.69) is 13.8 Å². The van der Waals surface area contributed by atoms with Crippen LogP contribution in [0.15, 0.2) is 16.5 Å². The van der Waals surface area contributed by atoms with Crippen LogP contribution in [0.2, 0.25) is 0 Å². The van der Waals surface area contributed by atoms with Crippen LogP contribution >= 0.6 is 0 Å². The molecule has 0 amide bonds. The highest BCUT2D eigenvalue weighted by Gasteiger charge is 2.38. The van der Waals surface area contributed by atoms with E-state index < -0.39 is 0 Å². The lowest BCUT2D eigenvalue weighted by Gasteiger charge is -2.37. The third-order valence-corrected chi connectivity index (χ3v) is 4.01. The Labute approximate surface area is 109 Å². The number of hydrogen-bond donors (Lipinski definition) is 0. The van der Waals surface area contributed by atoms with Crippen molar-refractivity contribution in [2.75, 3.05) is 7.11 Å². The van der Waals surface area contributed by atoms with E-state index in [-0.39, 0.29) is 17.1 Å². The van der Waals surface area contributed by atoms with Gasteiger partial charge in [0.15, 0.2) is 5.76 Å². The fourth-order valence-corrected chi connectivity index (χ4v) is 2.88. The van der Waals surface area contributed by atoms with Crippen LogP contribution in [0.3, 0.4) is 0 Å². The highest BCUT2D eigenvalue weighted by molar-refractivity contribution is 5.95. The van der Waals surface area contributed by atoms with Crippen molar-refractivity contribution in [2.45, 2.75) is 46.1 Å². The molecule has 0 saturated heterocycles. The van der Waals surface area contributed by atoms with Gasteiger partial charge in [0.25, 0.3) is 0 Å². The third kappa shape index (κ3) is 2.66. The third-order valence-electron chi connectivity index (χ3n) is 4.01. The number of carbonyl (C=O) groups is 1. The van der Waals surface area contributed by atoms with Crippen LogP contribution in [-0.2, 0) is 11.3 Å². The van der Waals surface area contributed by atoms with Gasteiger partial charge in [-0.25, -0.2) is 0 Å². The highest BCUT2D eigenvalue weighted by Crippen LogP contribution is 2.42. The molecule has 3 nitrogen and oxygen atoms in total. The van der Waals surface area contributed by atoms with Crippen molar-refractivity contribution in [3.8, 4) is 0 Å². The van der Waals surface area contributed by atoms with Crippen molar-refractivity contribution < 1.29 is 13.9 Å². The van der Waals surface area contributed by atoms with Crippen molar-refractivity contribution in [3.63, 3.8) is 0 Å². The average Bonchev–Trinajstić information content (AvgIpc) is 2.77. The summed E-state index contributed by atoms with van der Waals surface area (Å²) in [6, 6.07) is 3.61. The van der Waals surface area contributed by atoms with Crippen LogP contribution in [0.25, 0.3) is 0 Å². The Morgan fingerprint density at radius 3 is 2.89 bits per heavy atom. The molecule has 100 valence electrons. The molecule has 1 saturated carbocycles. The van der Waals surface area contributed by atoms with Crippen molar-refractivity contribution in [2.24, 2.45) is 11.3 Å². The maximum atomic E-state index is 12.5. The van der Waals surface area contributed by atoms with Gasteiger partial charge in [-0.15, -0.1) is 0 Å². The second kappa shape index (κ2) is 5.27. The molecule has 1 unspecified atom stereocenters. The molecule has 0 N–H and O–H groups in total. The van der Waals surface area contributed by atoms with Crippen molar-refractivity contribution >= 4 is 5.78 Å². The van der Waals surface area contributed by atoms with Crippen LogP contribution in [0, 0.1) is 11.3 Å². The Bertz CT molecular complexity index is 417. The molecule has 1 heterocycles. The van der Waals surface area contributed by atoms with Gasteiger partial charge >= 0.3 is 0 Å². The summed E-state index contributed by atoms with van der Waals surface area (Å²) in [6.45, 7) is 4.79. The fraction of sp³-hybridized carbons (Fsp3) is 0.667. The smallest absolute Gasteiger partial charge is 0.201 e. The van der Waals surface area contributed by atoms with E-state index >= 15 is 0 Å². The van der Waals surface area contributed by atoms with Gasteiger partial charge in [0.1, 0.15) is 12.4 Å². The minimum absolute atomic E-state index is 0.0868. The molecule has 2 rings (SSSR count). The van der Waals surface area contributed by atoms with Gasteiger partial charge in [-0.2, -0.15) is 0 Å². The number of rotatable bonds is 4. The monoisotopic (exact) mass is 250 g/mol. The Morgan fingerprint density at radius 2 is 2.22 bits per heavy atom. The number of Topliss-reactive ketones (excluding diaryl/α,β-unsaturated/α-hetero) is 1. The first kappa shape index (κ1) is 13.3. The van der Waals surface area contributed by atoms with E-state index in [1.165, 1.54) is 6.42 Å². The lowest BCUT2D eigenvalue weighted by atomic mass is 9.67. The number of methoxy groups -OCH3 is 1. The first-order valence-electron chi connectivity index (χ1n) is 6.66. The molecule has 0 spiro atoms. The maximum Gasteiger partial charge on any atom is 0.201 e. The molecule has 1 aliphatic carbocycles. The molecule has 1 aromatic heterocycles. The topological polar surface area (TPSA) is 39.4 Å². The zero-order chi connectivity index (χ0) is 13.2. The highest BCUT2D eigenvalue weighted by atomic mass is 16.5. The molecule has 1 aliphatic rings. The first-order chi connectivity index (χ1) is 8.54. The molecule has 1 fully saturated rings. The zero-order valence-corrected chi connectivity index (χ0v) is 11.5. The zero-order valence-electron chi connectivity index (χ0n) is 11.5. The summed E-state index contributed by atoms with van der Waals surface area (Å²) in [5.74, 6) is 1.45. The second-order valence-corrected chi connectivity index (χ2v) is 5.85. The number of ketones is 1. The summed E-state index contributed by atoms with van der Waals surface area (Å²) in [6.07, 6.45) is 4.47. The van der Waals surface area contributed by atoms with E-state index in [4.69, 9.17) is 9.15 Å². The van der Waals surface area contributed by atoms with Crippen LogP contribution in [0.4, 0.5) is 0 Å². The van der Waals surface area contributed by atoms with Crippen LogP contribution in [0.1, 0.15) is 55.8 Å². The molecule has 0 aliphatic heterocycles. The summed E-state index contributed by atoms with van der Waals surface area (Å²) >= 11 is 0. The summed E-state index contributed by atoms with van der Waals surface area (Å²) in [5.41, 5.74) is 0.0868. The SMILES string of the molecule is COCc1ccc(C(=O)C2CCCCC2(C)C)o1. The van der Waals surface area contributed by atoms with E-state index in [1.54, 1.807) is 13.2 Å². The average molecular weight is 250 g/mol. The van der Waals surface area contributed by atoms with Crippen molar-refractivity contribution in [3.05, 3.63) is 23.7 Å². The molecule has 0 bridgehead atoms. The predicted octanol–water partition coefficient (Wildman–Crippen LogP) is 3.83. The summed E-state index contributed by atoms with van der Waals surface area (Å²) in [5, 5.41) is 0. The molecule has 1 atom stereocenters. The number of carbonyl (C=O) groups excluding carboxylic acids is 1. The minimum atomic E-state index is 0.0868. The number of ether oxygens (including phenoxy) is 1. The molecule has 1 aromatic rings. The molecule has 0 aromatic carbocycles. The Morgan fingerprint density at radius 1 is 1.44 bits per heavy atom. The second-order valence-electron chi connectivity index (χ2n) is 5.85. The summed E-state index contributed by atoms with van der Waals surface area (Å²) in [7, 11) is 1.62. The molecular formula is C15H22O3. The molecule has 0 radical (unpaired) electrons. The van der Waals surface area contributed by atoms with Gasteiger partial charge in [0.05, 0.1) is 0 Å².